The number of thiazole rings is 1. The third-order valence-electron chi connectivity index (χ3n) is 4.79. The van der Waals surface area contributed by atoms with Crippen molar-refractivity contribution in [3.63, 3.8) is 0 Å². The van der Waals surface area contributed by atoms with Gasteiger partial charge in [0, 0.05) is 31.7 Å². The number of halogens is 3. The van der Waals surface area contributed by atoms with Crippen molar-refractivity contribution in [2.45, 2.75) is 12.2 Å². The number of benzene rings is 1. The topological polar surface area (TPSA) is 60.5 Å². The lowest BCUT2D eigenvalue weighted by Gasteiger charge is -2.40. The lowest BCUT2D eigenvalue weighted by atomic mass is 10.0. The van der Waals surface area contributed by atoms with Gasteiger partial charge in [0.25, 0.3) is 0 Å². The van der Waals surface area contributed by atoms with E-state index in [2.05, 4.69) is 15.6 Å². The Bertz CT molecular complexity index is 970. The molecule has 1 unspecified atom stereocenters. The SMILES string of the molecule is CN1CCN(C(=O)Nc2nccs2)C2=C1C=CC(c1cccc(C(F)(F)F)c1)N2. The smallest absolute Gasteiger partial charge is 0.370 e. The number of nitrogens with zero attached hydrogens (tertiary/aromatic N) is 3. The summed E-state index contributed by atoms with van der Waals surface area (Å²) < 4.78 is 39.2. The van der Waals surface area contributed by atoms with E-state index >= 15 is 0 Å². The fraction of sp³-hybridized carbons (Fsp3) is 0.263. The Hall–Kier alpha value is -3.01. The molecule has 152 valence electrons. The normalized spacial score (nSPS) is 19.1. The molecule has 10 heteroatoms. The van der Waals surface area contributed by atoms with Crippen LogP contribution in [0.2, 0.25) is 0 Å². The summed E-state index contributed by atoms with van der Waals surface area (Å²) in [7, 11) is 1.90. The summed E-state index contributed by atoms with van der Waals surface area (Å²) in [5.74, 6) is 0.553. The number of dihydropyridines is 1. The number of hydrogen-bond acceptors (Lipinski definition) is 5. The van der Waals surface area contributed by atoms with Crippen LogP contribution >= 0.6 is 11.3 Å². The van der Waals surface area contributed by atoms with E-state index in [4.69, 9.17) is 0 Å². The van der Waals surface area contributed by atoms with E-state index in [1.807, 2.05) is 18.0 Å². The van der Waals surface area contributed by atoms with Gasteiger partial charge in [-0.2, -0.15) is 13.2 Å². The molecule has 29 heavy (non-hydrogen) atoms. The molecule has 0 spiro atoms. The first kappa shape index (κ1) is 19.3. The molecule has 0 aliphatic carbocycles. The van der Waals surface area contributed by atoms with E-state index in [1.54, 1.807) is 28.6 Å². The van der Waals surface area contributed by atoms with Gasteiger partial charge in [-0.05, 0) is 23.8 Å². The van der Waals surface area contributed by atoms with Gasteiger partial charge in [-0.3, -0.25) is 10.2 Å². The molecule has 6 nitrogen and oxygen atoms in total. The number of nitrogens with one attached hydrogen (secondary N) is 2. The molecule has 1 aromatic carbocycles. The molecule has 0 radical (unpaired) electrons. The minimum Gasteiger partial charge on any atom is -0.370 e. The van der Waals surface area contributed by atoms with Gasteiger partial charge in [-0.25, -0.2) is 9.78 Å². The number of alkyl halides is 3. The van der Waals surface area contributed by atoms with Crippen LogP contribution < -0.4 is 10.6 Å². The molecule has 1 aromatic heterocycles. The number of amides is 2. The molecule has 2 N–H and O–H groups in total. The van der Waals surface area contributed by atoms with Crippen LogP contribution in [0.3, 0.4) is 0 Å². The number of rotatable bonds is 2. The van der Waals surface area contributed by atoms with Crippen LogP contribution in [-0.2, 0) is 6.18 Å². The van der Waals surface area contributed by atoms with Crippen molar-refractivity contribution in [1.82, 2.24) is 20.1 Å². The molecule has 1 atom stereocenters. The number of allylic oxidation sites excluding steroid dienone is 1. The molecule has 2 aliphatic heterocycles. The van der Waals surface area contributed by atoms with Crippen molar-refractivity contribution in [3.05, 3.63) is 70.6 Å². The highest BCUT2D eigenvalue weighted by atomic mass is 32.1. The van der Waals surface area contributed by atoms with Gasteiger partial charge in [0.2, 0.25) is 0 Å². The van der Waals surface area contributed by atoms with Crippen LogP contribution in [0.15, 0.2) is 59.5 Å². The van der Waals surface area contributed by atoms with Gasteiger partial charge >= 0.3 is 12.2 Å². The number of likely N-dealkylation sites (N-methyl/N-ethyl adjacent to an activating group) is 1. The van der Waals surface area contributed by atoms with Crippen molar-refractivity contribution in [2.24, 2.45) is 0 Å². The third kappa shape index (κ3) is 3.93. The van der Waals surface area contributed by atoms with Crippen molar-refractivity contribution in [3.8, 4) is 0 Å². The molecular formula is C19H18F3N5OS. The van der Waals surface area contributed by atoms with Crippen molar-refractivity contribution < 1.29 is 18.0 Å². The zero-order valence-corrected chi connectivity index (χ0v) is 16.2. The molecule has 0 bridgehead atoms. The molecule has 0 saturated heterocycles. The summed E-state index contributed by atoms with van der Waals surface area (Å²) in [6.45, 7) is 1.06. The number of hydrogen-bond donors (Lipinski definition) is 2. The van der Waals surface area contributed by atoms with Gasteiger partial charge in [0.1, 0.15) is 5.82 Å². The lowest BCUT2D eigenvalue weighted by Crippen LogP contribution is -2.50. The summed E-state index contributed by atoms with van der Waals surface area (Å²) in [5.41, 5.74) is 0.564. The summed E-state index contributed by atoms with van der Waals surface area (Å²) >= 11 is 1.31. The maximum atomic E-state index is 13.1. The van der Waals surface area contributed by atoms with Gasteiger partial charge in [0.15, 0.2) is 5.13 Å². The lowest BCUT2D eigenvalue weighted by molar-refractivity contribution is -0.137. The van der Waals surface area contributed by atoms with E-state index in [9.17, 15) is 18.0 Å². The fourth-order valence-electron chi connectivity index (χ4n) is 3.29. The predicted molar refractivity (Wildman–Crippen MR) is 104 cm³/mol. The van der Waals surface area contributed by atoms with E-state index in [-0.39, 0.29) is 6.03 Å². The summed E-state index contributed by atoms with van der Waals surface area (Å²) in [4.78, 5) is 20.4. The van der Waals surface area contributed by atoms with E-state index < -0.39 is 17.8 Å². The molecule has 0 saturated carbocycles. The average molecular weight is 421 g/mol. The highest BCUT2D eigenvalue weighted by Crippen LogP contribution is 2.33. The van der Waals surface area contributed by atoms with Gasteiger partial charge in [0.05, 0.1) is 17.3 Å². The third-order valence-corrected chi connectivity index (χ3v) is 5.47. The summed E-state index contributed by atoms with van der Waals surface area (Å²) in [6.07, 6.45) is 0.816. The van der Waals surface area contributed by atoms with Crippen LogP contribution in [0.4, 0.5) is 23.1 Å². The molecular weight excluding hydrogens is 403 g/mol. The number of aromatic nitrogens is 1. The van der Waals surface area contributed by atoms with Crippen LogP contribution in [0, 0.1) is 0 Å². The molecule has 3 heterocycles. The highest BCUT2D eigenvalue weighted by molar-refractivity contribution is 7.13. The zero-order valence-electron chi connectivity index (χ0n) is 15.4. The Kier molecular flexibility index (Phi) is 4.95. The zero-order chi connectivity index (χ0) is 20.6. The number of carbonyl (C=O) groups excluding carboxylic acids is 1. The Balaban J connectivity index is 1.60. The van der Waals surface area contributed by atoms with Gasteiger partial charge in [-0.1, -0.05) is 18.2 Å². The first-order valence-corrected chi connectivity index (χ1v) is 9.76. The first-order chi connectivity index (χ1) is 13.8. The van der Waals surface area contributed by atoms with Crippen LogP contribution in [0.1, 0.15) is 17.2 Å². The maximum Gasteiger partial charge on any atom is 0.416 e. The van der Waals surface area contributed by atoms with Gasteiger partial charge < -0.3 is 10.2 Å². The Labute approximate surface area is 169 Å². The second-order valence-corrected chi connectivity index (χ2v) is 7.57. The fourth-order valence-corrected chi connectivity index (χ4v) is 3.81. The highest BCUT2D eigenvalue weighted by Gasteiger charge is 2.33. The number of carbonyl (C=O) groups is 1. The van der Waals surface area contributed by atoms with E-state index in [0.29, 0.717) is 29.6 Å². The molecule has 2 amide bonds. The standard InChI is InChI=1S/C19H18F3N5OS/c1-26-8-9-27(18(28)25-17-23-7-10-29-17)16-15(26)6-5-14(24-16)12-3-2-4-13(11-12)19(20,21)22/h2-7,10-11,14,24H,8-9H2,1H3,(H,23,25,28). The quantitative estimate of drug-likeness (QED) is 0.769. The van der Waals surface area contributed by atoms with Crippen LogP contribution in [-0.4, -0.2) is 41.0 Å². The van der Waals surface area contributed by atoms with Gasteiger partial charge in [-0.15, -0.1) is 11.3 Å². The second-order valence-electron chi connectivity index (χ2n) is 6.68. The van der Waals surface area contributed by atoms with E-state index in [0.717, 1.165) is 17.8 Å². The van der Waals surface area contributed by atoms with Crippen molar-refractivity contribution in [2.75, 3.05) is 25.5 Å². The first-order valence-electron chi connectivity index (χ1n) is 8.88. The predicted octanol–water partition coefficient (Wildman–Crippen LogP) is 4.01. The Morgan fingerprint density at radius 2 is 2.17 bits per heavy atom. The Morgan fingerprint density at radius 1 is 1.34 bits per heavy atom. The largest absolute Gasteiger partial charge is 0.416 e. The summed E-state index contributed by atoms with van der Waals surface area (Å²) in [6, 6.07) is 4.36. The van der Waals surface area contributed by atoms with Crippen LogP contribution in [0.25, 0.3) is 0 Å². The molecule has 2 aromatic rings. The number of anilines is 1. The maximum absolute atomic E-state index is 13.1. The minimum absolute atomic E-state index is 0.342. The molecule has 4 rings (SSSR count). The van der Waals surface area contributed by atoms with Crippen molar-refractivity contribution in [1.29, 1.82) is 0 Å². The van der Waals surface area contributed by atoms with E-state index in [1.165, 1.54) is 17.4 Å². The minimum atomic E-state index is -4.41. The molecule has 2 aliphatic rings. The van der Waals surface area contributed by atoms with Crippen LogP contribution in [0.5, 0.6) is 0 Å². The molecule has 0 fully saturated rings. The second kappa shape index (κ2) is 7.43. The number of urea groups is 1. The Morgan fingerprint density at radius 3 is 2.90 bits per heavy atom. The monoisotopic (exact) mass is 421 g/mol. The van der Waals surface area contributed by atoms with Crippen molar-refractivity contribution >= 4 is 22.5 Å². The average Bonchev–Trinajstić information content (AvgIpc) is 3.20. The summed E-state index contributed by atoms with van der Waals surface area (Å²) in [5, 5.41) is 8.22.